The monoisotopic (exact) mass is 385 g/mol. The summed E-state index contributed by atoms with van der Waals surface area (Å²) in [5.74, 6) is -0.805. The lowest BCUT2D eigenvalue weighted by molar-refractivity contribution is -0.153. The fraction of sp³-hybridized carbons (Fsp3) is 0.571. The fourth-order valence-corrected chi connectivity index (χ4v) is 4.99. The number of nitrogens with one attached hydrogen (secondary N) is 1. The van der Waals surface area contributed by atoms with Crippen molar-refractivity contribution in [2.24, 2.45) is 5.41 Å². The zero-order valence-corrected chi connectivity index (χ0v) is 16.3. The molecule has 1 N–H and O–H groups in total. The standard InChI is InChI=1S/C21H27N3O4/c1-28-13-7-12-24-19(26)21(18(25)22-20(24)27)14-15-8-4-5-9-16(15)23-11-6-2-3-10-17(21)23/h4-5,8-9,17H,2-3,6-7,10-14H2,1H3,(H,22,25,27). The number of ether oxygens (including phenoxy) is 1. The molecule has 7 heteroatoms. The Balaban J connectivity index is 1.77. The van der Waals surface area contributed by atoms with Crippen molar-refractivity contribution >= 4 is 23.5 Å². The number of anilines is 1. The maximum atomic E-state index is 13.7. The molecule has 0 aliphatic carbocycles. The van der Waals surface area contributed by atoms with Crippen LogP contribution in [0.1, 0.15) is 37.7 Å². The zero-order chi connectivity index (χ0) is 19.7. The minimum Gasteiger partial charge on any atom is -0.385 e. The lowest BCUT2D eigenvalue weighted by Gasteiger charge is -2.51. The quantitative estimate of drug-likeness (QED) is 0.634. The Labute approximate surface area is 165 Å². The second-order valence-corrected chi connectivity index (χ2v) is 7.90. The van der Waals surface area contributed by atoms with Gasteiger partial charge >= 0.3 is 6.03 Å². The summed E-state index contributed by atoms with van der Waals surface area (Å²) in [6.45, 7) is 1.53. The highest BCUT2D eigenvalue weighted by Gasteiger charge is 2.61. The summed E-state index contributed by atoms with van der Waals surface area (Å²) in [6.07, 6.45) is 4.75. The van der Waals surface area contributed by atoms with Crippen molar-refractivity contribution in [3.8, 4) is 0 Å². The van der Waals surface area contributed by atoms with Crippen molar-refractivity contribution in [3.05, 3.63) is 29.8 Å². The van der Waals surface area contributed by atoms with Crippen molar-refractivity contribution in [2.75, 3.05) is 31.7 Å². The van der Waals surface area contributed by atoms with Gasteiger partial charge < -0.3 is 9.64 Å². The average molecular weight is 385 g/mol. The number of imide groups is 2. The van der Waals surface area contributed by atoms with Crippen LogP contribution >= 0.6 is 0 Å². The van der Waals surface area contributed by atoms with Crippen LogP contribution in [0, 0.1) is 5.41 Å². The average Bonchev–Trinajstić information content (AvgIpc) is 2.95. The van der Waals surface area contributed by atoms with Gasteiger partial charge in [-0.3, -0.25) is 19.8 Å². The van der Waals surface area contributed by atoms with Gasteiger partial charge in [0.1, 0.15) is 0 Å². The number of hydrogen-bond donors (Lipinski definition) is 1. The Morgan fingerprint density at radius 2 is 2.00 bits per heavy atom. The van der Waals surface area contributed by atoms with Crippen molar-refractivity contribution in [1.82, 2.24) is 10.2 Å². The number of benzene rings is 1. The van der Waals surface area contributed by atoms with Crippen LogP contribution in [0.3, 0.4) is 0 Å². The molecule has 150 valence electrons. The summed E-state index contributed by atoms with van der Waals surface area (Å²) in [6, 6.07) is 7.17. The van der Waals surface area contributed by atoms with E-state index in [9.17, 15) is 14.4 Å². The van der Waals surface area contributed by atoms with Crippen molar-refractivity contribution in [2.45, 2.75) is 44.6 Å². The molecular weight excluding hydrogens is 358 g/mol. The van der Waals surface area contributed by atoms with Gasteiger partial charge in [-0.2, -0.15) is 0 Å². The van der Waals surface area contributed by atoms with Gasteiger partial charge in [0.15, 0.2) is 5.41 Å². The first-order valence-electron chi connectivity index (χ1n) is 10.1. The van der Waals surface area contributed by atoms with Crippen LogP contribution in [0.25, 0.3) is 0 Å². The molecule has 1 aromatic rings. The van der Waals surface area contributed by atoms with Gasteiger partial charge in [0.05, 0.1) is 6.04 Å². The number of fused-ring (bicyclic) bond motifs is 4. The summed E-state index contributed by atoms with van der Waals surface area (Å²) in [7, 11) is 1.59. The predicted molar refractivity (Wildman–Crippen MR) is 104 cm³/mol. The van der Waals surface area contributed by atoms with E-state index in [1.165, 1.54) is 4.90 Å². The number of nitrogens with zero attached hydrogens (tertiary/aromatic N) is 2. The molecule has 0 bridgehead atoms. The molecule has 2 atom stereocenters. The summed E-state index contributed by atoms with van der Waals surface area (Å²) < 4.78 is 5.07. The Hall–Kier alpha value is -2.41. The maximum Gasteiger partial charge on any atom is 0.330 e. The van der Waals surface area contributed by atoms with Crippen molar-refractivity contribution < 1.29 is 19.1 Å². The molecule has 0 saturated carbocycles. The van der Waals surface area contributed by atoms with Crippen LogP contribution in [0.15, 0.2) is 24.3 Å². The molecule has 2 unspecified atom stereocenters. The second kappa shape index (κ2) is 7.54. The molecule has 1 spiro atoms. The highest BCUT2D eigenvalue weighted by atomic mass is 16.5. The summed E-state index contributed by atoms with van der Waals surface area (Å²) in [5.41, 5.74) is 0.860. The number of rotatable bonds is 4. The second-order valence-electron chi connectivity index (χ2n) is 7.90. The lowest BCUT2D eigenvalue weighted by Crippen LogP contribution is -2.72. The summed E-state index contributed by atoms with van der Waals surface area (Å²) >= 11 is 0. The van der Waals surface area contributed by atoms with Crippen LogP contribution in [0.5, 0.6) is 0 Å². The lowest BCUT2D eigenvalue weighted by atomic mass is 9.67. The molecule has 4 rings (SSSR count). The number of carbonyl (C=O) groups is 3. The van der Waals surface area contributed by atoms with E-state index in [1.807, 2.05) is 18.2 Å². The van der Waals surface area contributed by atoms with E-state index in [0.29, 0.717) is 19.4 Å². The molecule has 0 radical (unpaired) electrons. The number of barbiturate groups is 1. The van der Waals surface area contributed by atoms with Gasteiger partial charge in [0.2, 0.25) is 11.8 Å². The molecule has 3 heterocycles. The van der Waals surface area contributed by atoms with E-state index in [1.54, 1.807) is 7.11 Å². The number of carbonyl (C=O) groups excluding carboxylic acids is 3. The largest absolute Gasteiger partial charge is 0.385 e. The third-order valence-corrected chi connectivity index (χ3v) is 6.32. The normalized spacial score (nSPS) is 27.3. The smallest absolute Gasteiger partial charge is 0.330 e. The molecule has 2 fully saturated rings. The topological polar surface area (TPSA) is 79.0 Å². The fourth-order valence-electron chi connectivity index (χ4n) is 4.99. The van der Waals surface area contributed by atoms with Gasteiger partial charge in [-0.25, -0.2) is 4.79 Å². The van der Waals surface area contributed by atoms with Gasteiger partial charge in [0.25, 0.3) is 0 Å². The molecule has 1 aromatic carbocycles. The first-order chi connectivity index (χ1) is 13.6. The van der Waals surface area contributed by atoms with E-state index in [-0.39, 0.29) is 18.5 Å². The number of hydrogen-bond acceptors (Lipinski definition) is 5. The van der Waals surface area contributed by atoms with Crippen LogP contribution in [-0.4, -0.2) is 55.6 Å². The molecule has 3 aliphatic rings. The SMILES string of the molecule is COCCCN1C(=O)NC(=O)C2(Cc3ccccc3N3CCCCCC32)C1=O. The number of amides is 4. The number of urea groups is 1. The Morgan fingerprint density at radius 3 is 2.82 bits per heavy atom. The number of para-hydroxylation sites is 1. The number of methoxy groups -OCH3 is 1. The predicted octanol–water partition coefficient (Wildman–Crippen LogP) is 2.09. The van der Waals surface area contributed by atoms with E-state index < -0.39 is 17.4 Å². The Morgan fingerprint density at radius 1 is 1.18 bits per heavy atom. The van der Waals surface area contributed by atoms with Gasteiger partial charge in [-0.15, -0.1) is 0 Å². The van der Waals surface area contributed by atoms with Gasteiger partial charge in [-0.05, 0) is 37.3 Å². The first-order valence-corrected chi connectivity index (χ1v) is 10.1. The van der Waals surface area contributed by atoms with E-state index in [4.69, 9.17) is 4.74 Å². The van der Waals surface area contributed by atoms with Crippen molar-refractivity contribution in [1.29, 1.82) is 0 Å². The molecule has 2 saturated heterocycles. The van der Waals surface area contributed by atoms with Crippen LogP contribution < -0.4 is 10.2 Å². The van der Waals surface area contributed by atoms with E-state index >= 15 is 0 Å². The Kier molecular flexibility index (Phi) is 5.10. The molecule has 0 aromatic heterocycles. The van der Waals surface area contributed by atoms with E-state index in [0.717, 1.165) is 43.5 Å². The maximum absolute atomic E-state index is 13.7. The minimum absolute atomic E-state index is 0.226. The highest BCUT2D eigenvalue weighted by Crippen LogP contribution is 2.47. The van der Waals surface area contributed by atoms with Gasteiger partial charge in [0, 0.05) is 32.5 Å². The first kappa shape index (κ1) is 18.9. The summed E-state index contributed by atoms with van der Waals surface area (Å²) in [5, 5.41) is 2.49. The third-order valence-electron chi connectivity index (χ3n) is 6.32. The van der Waals surface area contributed by atoms with Crippen LogP contribution in [0.4, 0.5) is 10.5 Å². The minimum atomic E-state index is -1.25. The summed E-state index contributed by atoms with van der Waals surface area (Å²) in [4.78, 5) is 42.8. The zero-order valence-electron chi connectivity index (χ0n) is 16.3. The van der Waals surface area contributed by atoms with Crippen LogP contribution in [0.2, 0.25) is 0 Å². The highest BCUT2D eigenvalue weighted by molar-refractivity contribution is 6.20. The molecular formula is C21H27N3O4. The van der Waals surface area contributed by atoms with Gasteiger partial charge in [-0.1, -0.05) is 31.0 Å². The molecule has 4 amide bonds. The van der Waals surface area contributed by atoms with Crippen molar-refractivity contribution in [3.63, 3.8) is 0 Å². The molecule has 28 heavy (non-hydrogen) atoms. The Bertz CT molecular complexity index is 796. The molecule has 7 nitrogen and oxygen atoms in total. The van der Waals surface area contributed by atoms with Crippen LogP contribution in [-0.2, 0) is 20.7 Å². The van der Waals surface area contributed by atoms with E-state index in [2.05, 4.69) is 16.3 Å². The third kappa shape index (κ3) is 2.89. The molecule has 3 aliphatic heterocycles.